The topological polar surface area (TPSA) is 52.3 Å². The van der Waals surface area contributed by atoms with Crippen molar-refractivity contribution in [1.29, 1.82) is 0 Å². The van der Waals surface area contributed by atoms with Gasteiger partial charge in [0, 0.05) is 4.47 Å². The third-order valence-electron chi connectivity index (χ3n) is 1.83. The van der Waals surface area contributed by atoms with E-state index in [2.05, 4.69) is 25.7 Å². The molecule has 4 nitrogen and oxygen atoms in total. The Bertz CT molecular complexity index is 537. The minimum absolute atomic E-state index is 0.00625. The summed E-state index contributed by atoms with van der Waals surface area (Å²) in [7, 11) is 1.30. The summed E-state index contributed by atoms with van der Waals surface area (Å²) >= 11 is 8.87. The maximum absolute atomic E-state index is 11.4. The molecule has 0 spiro atoms. The van der Waals surface area contributed by atoms with Gasteiger partial charge in [0.05, 0.1) is 7.11 Å². The van der Waals surface area contributed by atoms with E-state index in [0.717, 1.165) is 0 Å². The third-order valence-corrected chi connectivity index (χ3v) is 2.45. The number of ether oxygens (including phenoxy) is 1. The van der Waals surface area contributed by atoms with Crippen LogP contribution in [-0.4, -0.2) is 18.1 Å². The predicted molar refractivity (Wildman–Crippen MR) is 58.1 cm³/mol. The second-order valence-electron chi connectivity index (χ2n) is 2.76. The van der Waals surface area contributed by atoms with Crippen LogP contribution in [0.25, 0.3) is 11.1 Å². The van der Waals surface area contributed by atoms with Crippen molar-refractivity contribution in [3.8, 4) is 0 Å². The van der Waals surface area contributed by atoms with Crippen molar-refractivity contribution in [2.24, 2.45) is 0 Å². The van der Waals surface area contributed by atoms with Crippen LogP contribution in [0.15, 0.2) is 21.0 Å². The van der Waals surface area contributed by atoms with E-state index in [-0.39, 0.29) is 5.35 Å². The Kier molecular flexibility index (Phi) is 2.67. The van der Waals surface area contributed by atoms with Gasteiger partial charge in [0.2, 0.25) is 0 Å². The number of carbonyl (C=O) groups excluding carboxylic acids is 1. The van der Waals surface area contributed by atoms with Gasteiger partial charge in [-0.2, -0.15) is 4.98 Å². The minimum atomic E-state index is -0.492. The van der Waals surface area contributed by atoms with Crippen molar-refractivity contribution in [1.82, 2.24) is 4.98 Å². The van der Waals surface area contributed by atoms with Gasteiger partial charge in [-0.3, -0.25) is 0 Å². The van der Waals surface area contributed by atoms with Gasteiger partial charge >= 0.3 is 5.97 Å². The zero-order valence-corrected chi connectivity index (χ0v) is 9.92. The fourth-order valence-electron chi connectivity index (χ4n) is 1.23. The molecular weight excluding hydrogens is 285 g/mol. The molecule has 0 fully saturated rings. The van der Waals surface area contributed by atoms with Gasteiger partial charge in [0.1, 0.15) is 11.1 Å². The first kappa shape index (κ1) is 10.4. The van der Waals surface area contributed by atoms with Crippen molar-refractivity contribution in [3.05, 3.63) is 27.5 Å². The van der Waals surface area contributed by atoms with E-state index in [9.17, 15) is 4.79 Å². The van der Waals surface area contributed by atoms with Crippen LogP contribution >= 0.6 is 27.5 Å². The summed E-state index contributed by atoms with van der Waals surface area (Å²) in [6, 6.07) is 3.30. The summed E-state index contributed by atoms with van der Waals surface area (Å²) in [5, 5.41) is -0.00625. The molecule has 1 heterocycles. The Hall–Kier alpha value is -1.07. The molecule has 0 N–H and O–H groups in total. The van der Waals surface area contributed by atoms with Crippen LogP contribution in [0.3, 0.4) is 0 Å². The van der Waals surface area contributed by atoms with Crippen molar-refractivity contribution in [2.45, 2.75) is 0 Å². The number of oxazole rings is 1. The molecule has 1 aromatic carbocycles. The lowest BCUT2D eigenvalue weighted by molar-refractivity contribution is 0.0601. The SMILES string of the molecule is COC(=O)c1cc(Br)cc2nc(Cl)oc12. The molecule has 0 aliphatic carbocycles. The molecule has 2 rings (SSSR count). The zero-order valence-electron chi connectivity index (χ0n) is 7.58. The van der Waals surface area contributed by atoms with Crippen molar-refractivity contribution >= 4 is 44.6 Å². The zero-order chi connectivity index (χ0) is 11.0. The molecule has 0 amide bonds. The van der Waals surface area contributed by atoms with Crippen molar-refractivity contribution < 1.29 is 13.9 Å². The highest BCUT2D eigenvalue weighted by molar-refractivity contribution is 9.10. The van der Waals surface area contributed by atoms with Crippen LogP contribution in [0.5, 0.6) is 0 Å². The molecule has 0 bridgehead atoms. The second-order valence-corrected chi connectivity index (χ2v) is 4.00. The largest absolute Gasteiger partial charge is 0.465 e. The molecule has 0 saturated heterocycles. The number of methoxy groups -OCH3 is 1. The molecule has 6 heteroatoms. The van der Waals surface area contributed by atoms with Crippen molar-refractivity contribution in [3.63, 3.8) is 0 Å². The van der Waals surface area contributed by atoms with Gasteiger partial charge in [0.25, 0.3) is 5.35 Å². The van der Waals surface area contributed by atoms with E-state index in [1.165, 1.54) is 7.11 Å². The van der Waals surface area contributed by atoms with Gasteiger partial charge in [-0.15, -0.1) is 0 Å². The molecule has 2 aromatic rings. The maximum Gasteiger partial charge on any atom is 0.341 e. The highest BCUT2D eigenvalue weighted by atomic mass is 79.9. The average molecular weight is 291 g/mol. The molecule has 0 aliphatic rings. The third kappa shape index (κ3) is 1.85. The molecular formula is C9H5BrClNO3. The van der Waals surface area contributed by atoms with E-state index in [0.29, 0.717) is 21.1 Å². The Morgan fingerprint density at radius 2 is 2.33 bits per heavy atom. The van der Waals surface area contributed by atoms with Gasteiger partial charge in [0.15, 0.2) is 5.58 Å². The Morgan fingerprint density at radius 1 is 1.60 bits per heavy atom. The van der Waals surface area contributed by atoms with Gasteiger partial charge in [-0.1, -0.05) is 15.9 Å². The number of rotatable bonds is 1. The number of aromatic nitrogens is 1. The van der Waals surface area contributed by atoms with Crippen LogP contribution < -0.4 is 0 Å². The highest BCUT2D eigenvalue weighted by Gasteiger charge is 2.16. The molecule has 1 aromatic heterocycles. The Labute approximate surface area is 98.3 Å². The first-order valence-corrected chi connectivity index (χ1v) is 5.13. The molecule has 0 unspecified atom stereocenters. The maximum atomic E-state index is 11.4. The summed E-state index contributed by atoms with van der Waals surface area (Å²) in [5.41, 5.74) is 1.13. The quantitative estimate of drug-likeness (QED) is 0.758. The predicted octanol–water partition coefficient (Wildman–Crippen LogP) is 3.03. The number of benzene rings is 1. The number of nitrogens with zero attached hydrogens (tertiary/aromatic N) is 1. The first-order chi connectivity index (χ1) is 7.11. The molecule has 0 radical (unpaired) electrons. The normalized spacial score (nSPS) is 10.6. The first-order valence-electron chi connectivity index (χ1n) is 3.95. The summed E-state index contributed by atoms with van der Waals surface area (Å²) in [6.07, 6.45) is 0. The van der Waals surface area contributed by atoms with E-state index in [1.807, 2.05) is 0 Å². The molecule has 15 heavy (non-hydrogen) atoms. The van der Waals surface area contributed by atoms with E-state index in [1.54, 1.807) is 12.1 Å². The fourth-order valence-corrected chi connectivity index (χ4v) is 1.85. The van der Waals surface area contributed by atoms with E-state index < -0.39 is 5.97 Å². The summed E-state index contributed by atoms with van der Waals surface area (Å²) in [6.45, 7) is 0. The molecule has 78 valence electrons. The molecule has 0 saturated carbocycles. The number of fused-ring (bicyclic) bond motifs is 1. The average Bonchev–Trinajstić information content (AvgIpc) is 2.55. The number of hydrogen-bond acceptors (Lipinski definition) is 4. The number of carbonyl (C=O) groups is 1. The van der Waals surface area contributed by atoms with Crippen LogP contribution in [-0.2, 0) is 4.74 Å². The summed E-state index contributed by atoms with van der Waals surface area (Å²) in [5.74, 6) is -0.492. The van der Waals surface area contributed by atoms with E-state index in [4.69, 9.17) is 16.0 Å². The highest BCUT2D eigenvalue weighted by Crippen LogP contribution is 2.27. The van der Waals surface area contributed by atoms with Crippen LogP contribution in [0.2, 0.25) is 5.35 Å². The van der Waals surface area contributed by atoms with Gasteiger partial charge < -0.3 is 9.15 Å². The number of halogens is 2. The number of hydrogen-bond donors (Lipinski definition) is 0. The monoisotopic (exact) mass is 289 g/mol. The second kappa shape index (κ2) is 3.83. The van der Waals surface area contributed by atoms with Crippen molar-refractivity contribution in [2.75, 3.05) is 7.11 Å². The number of esters is 1. The lowest BCUT2D eigenvalue weighted by atomic mass is 10.2. The Balaban J connectivity index is 2.75. The minimum Gasteiger partial charge on any atom is -0.465 e. The lowest BCUT2D eigenvalue weighted by Gasteiger charge is -1.99. The van der Waals surface area contributed by atoms with E-state index >= 15 is 0 Å². The molecule has 0 atom stereocenters. The Morgan fingerprint density at radius 3 is 3.00 bits per heavy atom. The van der Waals surface area contributed by atoms with Crippen LogP contribution in [0, 0.1) is 0 Å². The van der Waals surface area contributed by atoms with Gasteiger partial charge in [-0.25, -0.2) is 4.79 Å². The summed E-state index contributed by atoms with van der Waals surface area (Å²) in [4.78, 5) is 15.3. The van der Waals surface area contributed by atoms with Crippen LogP contribution in [0.4, 0.5) is 0 Å². The summed E-state index contributed by atoms with van der Waals surface area (Å²) < 4.78 is 10.4. The lowest BCUT2D eigenvalue weighted by Crippen LogP contribution is -2.01. The van der Waals surface area contributed by atoms with Gasteiger partial charge in [-0.05, 0) is 23.7 Å². The molecule has 0 aliphatic heterocycles. The fraction of sp³-hybridized carbons (Fsp3) is 0.111. The van der Waals surface area contributed by atoms with Crippen LogP contribution in [0.1, 0.15) is 10.4 Å². The smallest absolute Gasteiger partial charge is 0.341 e. The standard InChI is InChI=1S/C9H5BrClNO3/c1-14-8(13)5-2-4(10)3-6-7(5)15-9(11)12-6/h2-3H,1H3.